The van der Waals surface area contributed by atoms with Crippen molar-refractivity contribution in [1.29, 1.82) is 0 Å². The normalized spacial score (nSPS) is 12.4. The lowest BCUT2D eigenvalue weighted by atomic mass is 9.99. The Morgan fingerprint density at radius 1 is 1.11 bits per heavy atom. The first-order chi connectivity index (χ1) is 9.22. The number of benzene rings is 2. The van der Waals surface area contributed by atoms with Crippen molar-refractivity contribution >= 4 is 11.6 Å². The van der Waals surface area contributed by atoms with Gasteiger partial charge in [-0.1, -0.05) is 54.1 Å². The maximum Gasteiger partial charge on any atom is 0.142 e. The molecule has 1 nitrogen and oxygen atoms in total. The van der Waals surface area contributed by atoms with E-state index in [1.54, 1.807) is 6.07 Å². The molecule has 1 N–H and O–H groups in total. The Morgan fingerprint density at radius 3 is 2.53 bits per heavy atom. The van der Waals surface area contributed by atoms with Crippen molar-refractivity contribution in [3.8, 4) is 0 Å². The molecule has 0 heterocycles. The van der Waals surface area contributed by atoms with Gasteiger partial charge in [-0.05, 0) is 37.1 Å². The van der Waals surface area contributed by atoms with Gasteiger partial charge < -0.3 is 5.32 Å². The molecule has 0 fully saturated rings. The summed E-state index contributed by atoms with van der Waals surface area (Å²) in [6.45, 7) is 0. The highest BCUT2D eigenvalue weighted by atomic mass is 35.5. The molecule has 0 aliphatic rings. The lowest BCUT2D eigenvalue weighted by Gasteiger charge is -2.17. The van der Waals surface area contributed by atoms with Gasteiger partial charge in [0.25, 0.3) is 0 Å². The topological polar surface area (TPSA) is 12.0 Å². The molecule has 1 atom stereocenters. The third kappa shape index (κ3) is 3.55. The molecule has 0 amide bonds. The molecule has 3 heteroatoms. The largest absolute Gasteiger partial charge is 0.313 e. The Labute approximate surface area is 118 Å². The van der Waals surface area contributed by atoms with E-state index >= 15 is 0 Å². The van der Waals surface area contributed by atoms with Gasteiger partial charge in [-0.25, -0.2) is 4.39 Å². The summed E-state index contributed by atoms with van der Waals surface area (Å²) >= 11 is 5.97. The fraction of sp³-hybridized carbons (Fsp3) is 0.250. The minimum atomic E-state index is -0.347. The molecule has 1 unspecified atom stereocenters. The maximum atomic E-state index is 13.4. The van der Waals surface area contributed by atoms with Gasteiger partial charge in [0.15, 0.2) is 0 Å². The van der Waals surface area contributed by atoms with Crippen LogP contribution in [0.5, 0.6) is 0 Å². The molecule has 0 spiro atoms. The Hall–Kier alpha value is -1.38. The number of hydrogen-bond acceptors (Lipinski definition) is 1. The van der Waals surface area contributed by atoms with Crippen LogP contribution in [0.15, 0.2) is 48.5 Å². The summed E-state index contributed by atoms with van der Waals surface area (Å²) in [5.74, 6) is -0.347. The molecule has 0 aliphatic carbocycles. The average molecular weight is 278 g/mol. The number of hydrogen-bond donors (Lipinski definition) is 1. The predicted molar refractivity (Wildman–Crippen MR) is 78.0 cm³/mol. The highest BCUT2D eigenvalue weighted by Crippen LogP contribution is 2.24. The van der Waals surface area contributed by atoms with Gasteiger partial charge in [0.2, 0.25) is 0 Å². The number of nitrogens with one attached hydrogen (secondary N) is 1. The second-order valence-corrected chi connectivity index (χ2v) is 4.88. The molecule has 0 aliphatic heterocycles. The van der Waals surface area contributed by atoms with Crippen molar-refractivity contribution in [3.63, 3.8) is 0 Å². The van der Waals surface area contributed by atoms with E-state index in [1.165, 1.54) is 11.6 Å². The van der Waals surface area contributed by atoms with Crippen LogP contribution in [0.25, 0.3) is 0 Å². The molecular weight excluding hydrogens is 261 g/mol. The summed E-state index contributed by atoms with van der Waals surface area (Å²) in [7, 11) is 1.94. The first-order valence-electron chi connectivity index (χ1n) is 6.37. The van der Waals surface area contributed by atoms with E-state index in [0.717, 1.165) is 18.4 Å². The van der Waals surface area contributed by atoms with E-state index in [2.05, 4.69) is 17.4 Å². The Balaban J connectivity index is 2.06. The van der Waals surface area contributed by atoms with Gasteiger partial charge in [0, 0.05) is 6.04 Å². The van der Waals surface area contributed by atoms with Crippen molar-refractivity contribution in [1.82, 2.24) is 5.32 Å². The van der Waals surface area contributed by atoms with Gasteiger partial charge in [-0.15, -0.1) is 0 Å². The average Bonchev–Trinajstić information content (AvgIpc) is 2.45. The smallest absolute Gasteiger partial charge is 0.142 e. The molecule has 0 aromatic heterocycles. The van der Waals surface area contributed by atoms with Crippen LogP contribution in [0.2, 0.25) is 5.02 Å². The van der Waals surface area contributed by atoms with Gasteiger partial charge in [0.05, 0.1) is 5.02 Å². The van der Waals surface area contributed by atoms with Crippen LogP contribution < -0.4 is 5.32 Å². The van der Waals surface area contributed by atoms with Gasteiger partial charge in [0.1, 0.15) is 5.82 Å². The fourth-order valence-electron chi connectivity index (χ4n) is 2.20. The maximum absolute atomic E-state index is 13.4. The monoisotopic (exact) mass is 277 g/mol. The zero-order valence-electron chi connectivity index (χ0n) is 10.9. The van der Waals surface area contributed by atoms with E-state index in [4.69, 9.17) is 11.6 Å². The first kappa shape index (κ1) is 14.0. The minimum Gasteiger partial charge on any atom is -0.313 e. The quantitative estimate of drug-likeness (QED) is 0.856. The zero-order chi connectivity index (χ0) is 13.7. The molecule has 19 heavy (non-hydrogen) atoms. The fourth-order valence-corrected chi connectivity index (χ4v) is 2.42. The van der Waals surface area contributed by atoms with Crippen molar-refractivity contribution in [2.45, 2.75) is 18.9 Å². The van der Waals surface area contributed by atoms with Crippen molar-refractivity contribution in [2.24, 2.45) is 0 Å². The molecule has 100 valence electrons. The van der Waals surface area contributed by atoms with Gasteiger partial charge in [-0.3, -0.25) is 0 Å². The van der Waals surface area contributed by atoms with Gasteiger partial charge >= 0.3 is 0 Å². The van der Waals surface area contributed by atoms with Crippen molar-refractivity contribution < 1.29 is 4.39 Å². The molecular formula is C16H17ClFN. The van der Waals surface area contributed by atoms with Crippen LogP contribution in [0.4, 0.5) is 4.39 Å². The molecule has 2 aromatic carbocycles. The van der Waals surface area contributed by atoms with Crippen molar-refractivity contribution in [3.05, 3.63) is 70.5 Å². The zero-order valence-corrected chi connectivity index (χ0v) is 11.6. The van der Waals surface area contributed by atoms with E-state index in [1.807, 2.05) is 31.3 Å². The highest BCUT2D eigenvalue weighted by Gasteiger charge is 2.11. The van der Waals surface area contributed by atoms with Crippen LogP contribution >= 0.6 is 11.6 Å². The molecule has 2 rings (SSSR count). The Bertz CT molecular complexity index is 528. The highest BCUT2D eigenvalue weighted by molar-refractivity contribution is 6.31. The van der Waals surface area contributed by atoms with Crippen LogP contribution in [0.3, 0.4) is 0 Å². The third-order valence-corrected chi connectivity index (χ3v) is 3.71. The lowest BCUT2D eigenvalue weighted by Crippen LogP contribution is -2.17. The predicted octanol–water partition coefficient (Wildman–Crippen LogP) is 4.37. The minimum absolute atomic E-state index is 0.241. The van der Waals surface area contributed by atoms with Crippen LogP contribution in [-0.4, -0.2) is 7.05 Å². The third-order valence-electron chi connectivity index (χ3n) is 3.28. The molecule has 0 bridgehead atoms. The first-order valence-corrected chi connectivity index (χ1v) is 6.75. The lowest BCUT2D eigenvalue weighted by molar-refractivity contribution is 0.547. The summed E-state index contributed by atoms with van der Waals surface area (Å²) in [5.41, 5.74) is 2.09. The summed E-state index contributed by atoms with van der Waals surface area (Å²) in [5, 5.41) is 3.53. The summed E-state index contributed by atoms with van der Waals surface area (Å²) in [4.78, 5) is 0. The molecule has 0 saturated carbocycles. The Morgan fingerprint density at radius 2 is 1.84 bits per heavy atom. The van der Waals surface area contributed by atoms with Crippen LogP contribution in [-0.2, 0) is 6.42 Å². The second-order valence-electron chi connectivity index (χ2n) is 4.50. The van der Waals surface area contributed by atoms with E-state index < -0.39 is 0 Å². The van der Waals surface area contributed by atoms with E-state index in [9.17, 15) is 4.39 Å². The second kappa shape index (κ2) is 6.69. The summed E-state index contributed by atoms with van der Waals surface area (Å²) < 4.78 is 13.4. The summed E-state index contributed by atoms with van der Waals surface area (Å²) in [6.07, 6.45) is 1.63. The van der Waals surface area contributed by atoms with Gasteiger partial charge in [-0.2, -0.15) is 0 Å². The summed E-state index contributed by atoms with van der Waals surface area (Å²) in [6, 6.07) is 15.4. The van der Waals surface area contributed by atoms with Crippen molar-refractivity contribution in [2.75, 3.05) is 7.05 Å². The number of rotatable bonds is 5. The van der Waals surface area contributed by atoms with Crippen LogP contribution in [0, 0.1) is 5.82 Å². The molecule has 2 aromatic rings. The SMILES string of the molecule is CNC(CCc1cccc(F)c1Cl)c1ccccc1. The Kier molecular flexibility index (Phi) is 4.94. The number of halogens is 2. The standard InChI is InChI=1S/C16H17ClFN/c1-19-15(12-6-3-2-4-7-12)11-10-13-8-5-9-14(18)16(13)17/h2-9,15,19H,10-11H2,1H3. The molecule has 0 saturated heterocycles. The van der Waals surface area contributed by atoms with Crippen LogP contribution in [0.1, 0.15) is 23.6 Å². The van der Waals surface area contributed by atoms with E-state index in [0.29, 0.717) is 0 Å². The van der Waals surface area contributed by atoms with E-state index in [-0.39, 0.29) is 16.9 Å². The molecule has 0 radical (unpaired) electrons. The number of aryl methyl sites for hydroxylation is 1.